The average Bonchev–Trinajstić information content (AvgIpc) is 1.82. The number of hydrogen-bond donors (Lipinski definition) is 1. The minimum absolute atomic E-state index is 0.534. The van der Waals surface area contributed by atoms with E-state index in [1.54, 1.807) is 6.08 Å². The first-order chi connectivity index (χ1) is 4.65. The highest BCUT2D eigenvalue weighted by Crippen LogP contribution is 1.68. The van der Waals surface area contributed by atoms with Gasteiger partial charge in [0.1, 0.15) is 0 Å². The van der Waals surface area contributed by atoms with Crippen LogP contribution in [0.5, 0.6) is 0 Å². The molecule has 0 atom stereocenters. The molecule has 0 aliphatic carbocycles. The van der Waals surface area contributed by atoms with Crippen molar-refractivity contribution in [2.75, 3.05) is 13.2 Å². The van der Waals surface area contributed by atoms with Gasteiger partial charge in [-0.1, -0.05) is 6.08 Å². The molecular formula is C7H13O3. The van der Waals surface area contributed by atoms with Crippen LogP contribution in [0.1, 0.15) is 6.92 Å². The summed E-state index contributed by atoms with van der Waals surface area (Å²) in [7, 11) is 0. The molecule has 0 heterocycles. The lowest BCUT2D eigenvalue weighted by atomic mass is 10.7. The van der Waals surface area contributed by atoms with Crippen molar-refractivity contribution < 1.29 is 14.6 Å². The topological polar surface area (TPSA) is 46.5 Å². The maximum atomic E-state index is 9.00. The molecule has 0 aromatic carbocycles. The Morgan fingerprint density at radius 1 is 1.80 bits per heavy atom. The zero-order valence-electron chi connectivity index (χ0n) is 6.17. The molecule has 0 amide bonds. The van der Waals surface area contributed by atoms with E-state index in [4.69, 9.17) is 14.6 Å². The third-order valence-electron chi connectivity index (χ3n) is 0.380. The smallest absolute Gasteiger partial charge is 0.300 e. The monoisotopic (exact) mass is 145 g/mol. The molecule has 0 spiro atoms. The Hall–Kier alpha value is -0.830. The van der Waals surface area contributed by atoms with E-state index in [9.17, 15) is 0 Å². The van der Waals surface area contributed by atoms with E-state index in [-0.39, 0.29) is 0 Å². The predicted octanol–water partition coefficient (Wildman–Crippen LogP) is 1.11. The molecule has 3 heteroatoms. The molecule has 0 saturated heterocycles. The van der Waals surface area contributed by atoms with Crippen molar-refractivity contribution in [1.82, 2.24) is 0 Å². The van der Waals surface area contributed by atoms with Crippen LogP contribution in [0.4, 0.5) is 0 Å². The number of carboxylic acids is 1. The summed E-state index contributed by atoms with van der Waals surface area (Å²) in [5.41, 5.74) is 0. The second-order valence-corrected chi connectivity index (χ2v) is 1.38. The lowest BCUT2D eigenvalue weighted by molar-refractivity contribution is -0.134. The van der Waals surface area contributed by atoms with Crippen molar-refractivity contribution in [2.24, 2.45) is 0 Å². The van der Waals surface area contributed by atoms with Gasteiger partial charge in [-0.2, -0.15) is 0 Å². The number of carboxylic acid groups (broad SMARTS) is 1. The van der Waals surface area contributed by atoms with E-state index in [0.29, 0.717) is 13.2 Å². The molecule has 0 aromatic rings. The summed E-state index contributed by atoms with van der Waals surface area (Å²) in [6, 6.07) is 0. The van der Waals surface area contributed by atoms with Gasteiger partial charge in [0.05, 0.1) is 6.61 Å². The SMILES string of the molecule is CC(=O)O.[CH2]COCC=C. The molecule has 10 heavy (non-hydrogen) atoms. The summed E-state index contributed by atoms with van der Waals surface area (Å²) in [5, 5.41) is 7.42. The van der Waals surface area contributed by atoms with E-state index in [1.165, 1.54) is 0 Å². The van der Waals surface area contributed by atoms with E-state index in [2.05, 4.69) is 13.5 Å². The van der Waals surface area contributed by atoms with Gasteiger partial charge in [-0.05, 0) is 6.92 Å². The quantitative estimate of drug-likeness (QED) is 0.478. The molecule has 0 aliphatic rings. The predicted molar refractivity (Wildman–Crippen MR) is 39.7 cm³/mol. The Morgan fingerprint density at radius 2 is 2.20 bits per heavy atom. The fourth-order valence-electron chi connectivity index (χ4n) is 0.167. The second-order valence-electron chi connectivity index (χ2n) is 1.38. The highest BCUT2D eigenvalue weighted by molar-refractivity contribution is 5.62. The summed E-state index contributed by atoms with van der Waals surface area (Å²) in [4.78, 5) is 9.00. The Morgan fingerprint density at radius 3 is 2.30 bits per heavy atom. The molecule has 0 aliphatic heterocycles. The zero-order valence-corrected chi connectivity index (χ0v) is 6.17. The van der Waals surface area contributed by atoms with Crippen molar-refractivity contribution in [1.29, 1.82) is 0 Å². The summed E-state index contributed by atoms with van der Waals surface area (Å²) in [5.74, 6) is -0.833. The maximum absolute atomic E-state index is 9.00. The van der Waals surface area contributed by atoms with Crippen LogP contribution in [0.2, 0.25) is 0 Å². The first kappa shape index (κ1) is 11.9. The average molecular weight is 145 g/mol. The Kier molecular flexibility index (Phi) is 13.1. The van der Waals surface area contributed by atoms with Crippen LogP contribution < -0.4 is 0 Å². The van der Waals surface area contributed by atoms with Gasteiger partial charge in [0.15, 0.2) is 0 Å². The Balaban J connectivity index is 0. The highest BCUT2D eigenvalue weighted by Gasteiger charge is 1.68. The molecule has 0 bridgehead atoms. The van der Waals surface area contributed by atoms with E-state index < -0.39 is 5.97 Å². The fourth-order valence-corrected chi connectivity index (χ4v) is 0.167. The molecule has 0 rings (SSSR count). The number of hydrogen-bond acceptors (Lipinski definition) is 2. The first-order valence-corrected chi connectivity index (χ1v) is 2.82. The molecule has 3 nitrogen and oxygen atoms in total. The lowest BCUT2D eigenvalue weighted by Gasteiger charge is -1.88. The van der Waals surface area contributed by atoms with Gasteiger partial charge in [0.2, 0.25) is 0 Å². The van der Waals surface area contributed by atoms with Crippen LogP contribution in [0, 0.1) is 6.92 Å². The standard InChI is InChI=1S/C5H9O.C2H4O2/c1-3-5-6-4-2;1-2(3)4/h3H,1-2,4-5H2;1H3,(H,3,4). The molecule has 59 valence electrons. The number of carbonyl (C=O) groups is 1. The van der Waals surface area contributed by atoms with Crippen LogP contribution in [-0.2, 0) is 9.53 Å². The summed E-state index contributed by atoms with van der Waals surface area (Å²) >= 11 is 0. The first-order valence-electron chi connectivity index (χ1n) is 2.82. The molecule has 0 unspecified atom stereocenters. The molecule has 1 N–H and O–H groups in total. The fraction of sp³-hybridized carbons (Fsp3) is 0.429. The minimum atomic E-state index is -0.833. The van der Waals surface area contributed by atoms with Crippen molar-refractivity contribution in [3.63, 3.8) is 0 Å². The molecule has 0 saturated carbocycles. The van der Waals surface area contributed by atoms with E-state index in [0.717, 1.165) is 6.92 Å². The van der Waals surface area contributed by atoms with Gasteiger partial charge >= 0.3 is 0 Å². The molecular weight excluding hydrogens is 132 g/mol. The second kappa shape index (κ2) is 11.0. The van der Waals surface area contributed by atoms with Crippen LogP contribution in [0.25, 0.3) is 0 Å². The van der Waals surface area contributed by atoms with Crippen molar-refractivity contribution >= 4 is 5.97 Å². The number of aliphatic carboxylic acids is 1. The summed E-state index contributed by atoms with van der Waals surface area (Å²) in [6.07, 6.45) is 1.70. The lowest BCUT2D eigenvalue weighted by Crippen LogP contribution is -1.86. The van der Waals surface area contributed by atoms with E-state index in [1.807, 2.05) is 0 Å². The van der Waals surface area contributed by atoms with Crippen LogP contribution in [0.15, 0.2) is 12.7 Å². The van der Waals surface area contributed by atoms with Crippen molar-refractivity contribution in [3.8, 4) is 0 Å². The minimum Gasteiger partial charge on any atom is -0.481 e. The van der Waals surface area contributed by atoms with Crippen molar-refractivity contribution in [2.45, 2.75) is 6.92 Å². The largest absolute Gasteiger partial charge is 0.481 e. The van der Waals surface area contributed by atoms with Gasteiger partial charge < -0.3 is 9.84 Å². The van der Waals surface area contributed by atoms with Gasteiger partial charge in [-0.3, -0.25) is 4.79 Å². The van der Waals surface area contributed by atoms with Crippen LogP contribution in [0.3, 0.4) is 0 Å². The van der Waals surface area contributed by atoms with E-state index >= 15 is 0 Å². The maximum Gasteiger partial charge on any atom is 0.300 e. The third kappa shape index (κ3) is 58.0. The molecule has 1 radical (unpaired) electrons. The van der Waals surface area contributed by atoms with Gasteiger partial charge in [-0.25, -0.2) is 0 Å². The van der Waals surface area contributed by atoms with Gasteiger partial charge in [0, 0.05) is 13.5 Å². The van der Waals surface area contributed by atoms with Gasteiger partial charge in [0.25, 0.3) is 5.97 Å². The molecule has 0 aromatic heterocycles. The summed E-state index contributed by atoms with van der Waals surface area (Å²) < 4.78 is 4.75. The highest BCUT2D eigenvalue weighted by atomic mass is 16.5. The Labute approximate surface area is 61.3 Å². The Bertz CT molecular complexity index is 84.9. The van der Waals surface area contributed by atoms with Crippen molar-refractivity contribution in [3.05, 3.63) is 19.6 Å². The number of rotatable bonds is 3. The summed E-state index contributed by atoms with van der Waals surface area (Å²) in [6.45, 7) is 9.13. The van der Waals surface area contributed by atoms with Crippen LogP contribution >= 0.6 is 0 Å². The normalized spacial score (nSPS) is 7.40. The third-order valence-corrected chi connectivity index (χ3v) is 0.380. The van der Waals surface area contributed by atoms with Gasteiger partial charge in [-0.15, -0.1) is 6.58 Å². The zero-order chi connectivity index (χ0) is 8.41. The molecule has 0 fully saturated rings. The van der Waals surface area contributed by atoms with Crippen LogP contribution in [-0.4, -0.2) is 24.3 Å². The number of ether oxygens (including phenoxy) is 1.